The molecule has 4 rings (SSSR count). The molecule has 2 aliphatic rings. The lowest BCUT2D eigenvalue weighted by Gasteiger charge is -2.27. The van der Waals surface area contributed by atoms with Crippen LogP contribution in [-0.4, -0.2) is 19.0 Å². The van der Waals surface area contributed by atoms with Gasteiger partial charge in [-0.3, -0.25) is 4.79 Å². The zero-order valence-electron chi connectivity index (χ0n) is 14.3. The first-order valence-corrected chi connectivity index (χ1v) is 8.16. The summed E-state index contributed by atoms with van der Waals surface area (Å²) in [5.74, 6) is -0.124. The molecule has 1 fully saturated rings. The Hall–Kier alpha value is -2.82. The number of fused-ring (bicyclic) bond motifs is 2. The van der Waals surface area contributed by atoms with Gasteiger partial charge < -0.3 is 14.2 Å². The van der Waals surface area contributed by atoms with Gasteiger partial charge in [0.25, 0.3) is 0 Å². The molecule has 0 radical (unpaired) electrons. The van der Waals surface area contributed by atoms with Crippen molar-refractivity contribution in [3.8, 4) is 11.5 Å². The van der Waals surface area contributed by atoms with E-state index < -0.39 is 23.5 Å². The van der Waals surface area contributed by atoms with Gasteiger partial charge in [-0.25, -0.2) is 4.79 Å². The molecule has 0 amide bonds. The number of benzene rings is 2. The van der Waals surface area contributed by atoms with E-state index in [2.05, 4.69) is 0 Å². The Kier molecular flexibility index (Phi) is 3.35. The van der Waals surface area contributed by atoms with Gasteiger partial charge in [0, 0.05) is 5.92 Å². The lowest BCUT2D eigenvalue weighted by atomic mass is 9.76. The van der Waals surface area contributed by atoms with Crippen molar-refractivity contribution in [2.75, 3.05) is 7.11 Å². The monoisotopic (exact) mass is 338 g/mol. The minimum absolute atomic E-state index is 0.133. The summed E-state index contributed by atoms with van der Waals surface area (Å²) in [6.07, 6.45) is 0.133. The van der Waals surface area contributed by atoms with E-state index in [-0.39, 0.29) is 6.42 Å². The Bertz CT molecular complexity index is 884. The Morgan fingerprint density at radius 3 is 2.40 bits per heavy atom. The van der Waals surface area contributed by atoms with Crippen LogP contribution in [-0.2, 0) is 19.9 Å². The number of ether oxygens (including phenoxy) is 3. The summed E-state index contributed by atoms with van der Waals surface area (Å²) in [4.78, 5) is 25.1. The first-order chi connectivity index (χ1) is 12.0. The highest BCUT2D eigenvalue weighted by molar-refractivity contribution is 5.96. The van der Waals surface area contributed by atoms with Gasteiger partial charge in [-0.15, -0.1) is 0 Å². The summed E-state index contributed by atoms with van der Waals surface area (Å²) >= 11 is 0. The van der Waals surface area contributed by atoms with E-state index >= 15 is 0 Å². The fourth-order valence-electron chi connectivity index (χ4n) is 3.85. The Morgan fingerprint density at radius 1 is 1.04 bits per heavy atom. The molecule has 128 valence electrons. The van der Waals surface area contributed by atoms with Crippen LogP contribution in [0.4, 0.5) is 0 Å². The van der Waals surface area contributed by atoms with Gasteiger partial charge in [0.05, 0.1) is 19.1 Å². The van der Waals surface area contributed by atoms with Crippen LogP contribution in [0, 0.1) is 13.8 Å². The second-order valence-electron chi connectivity index (χ2n) is 6.53. The molecular formula is C20H18O5. The smallest absolute Gasteiger partial charge is 0.361 e. The number of methoxy groups -OCH3 is 1. The summed E-state index contributed by atoms with van der Waals surface area (Å²) in [7, 11) is 1.59. The minimum atomic E-state index is -1.41. The van der Waals surface area contributed by atoms with E-state index in [4.69, 9.17) is 14.2 Å². The molecule has 2 aliphatic heterocycles. The molecule has 2 aromatic rings. The maximum Gasteiger partial charge on any atom is 0.361 e. The fourth-order valence-corrected chi connectivity index (χ4v) is 3.85. The van der Waals surface area contributed by atoms with Crippen molar-refractivity contribution in [1.82, 2.24) is 0 Å². The first-order valence-electron chi connectivity index (χ1n) is 8.16. The largest absolute Gasteiger partial charge is 0.497 e. The summed E-state index contributed by atoms with van der Waals surface area (Å²) in [5, 5.41) is 0. The maximum absolute atomic E-state index is 12.9. The highest BCUT2D eigenvalue weighted by Gasteiger charge is 2.63. The predicted octanol–water partition coefficient (Wildman–Crippen LogP) is 3.16. The molecule has 5 heteroatoms. The van der Waals surface area contributed by atoms with Crippen LogP contribution >= 0.6 is 0 Å². The van der Waals surface area contributed by atoms with Crippen molar-refractivity contribution < 1.29 is 23.8 Å². The van der Waals surface area contributed by atoms with Crippen molar-refractivity contribution in [2.45, 2.75) is 31.8 Å². The van der Waals surface area contributed by atoms with Gasteiger partial charge in [-0.2, -0.15) is 0 Å². The molecule has 0 unspecified atom stereocenters. The normalized spacial score (nSPS) is 24.2. The lowest BCUT2D eigenvalue weighted by molar-refractivity contribution is -0.166. The van der Waals surface area contributed by atoms with E-state index in [9.17, 15) is 9.59 Å². The maximum atomic E-state index is 12.9. The third-order valence-corrected chi connectivity index (χ3v) is 5.09. The van der Waals surface area contributed by atoms with Gasteiger partial charge in [0.15, 0.2) is 0 Å². The van der Waals surface area contributed by atoms with Crippen molar-refractivity contribution in [3.05, 3.63) is 58.7 Å². The van der Waals surface area contributed by atoms with Crippen LogP contribution < -0.4 is 9.47 Å². The number of rotatable bonds is 2. The number of hydrogen-bond donors (Lipinski definition) is 0. The van der Waals surface area contributed by atoms with Crippen LogP contribution in [0.5, 0.6) is 11.5 Å². The summed E-state index contributed by atoms with van der Waals surface area (Å²) in [5.41, 5.74) is 1.83. The summed E-state index contributed by atoms with van der Waals surface area (Å²) in [6, 6.07) is 11.2. The molecule has 0 aliphatic carbocycles. The van der Waals surface area contributed by atoms with Gasteiger partial charge >= 0.3 is 11.9 Å². The van der Waals surface area contributed by atoms with E-state index in [0.717, 1.165) is 16.7 Å². The SMILES string of the molecule is COc1ccc([C@H]2CC(=O)O[C@@]23C(=O)Oc2c(C)ccc(C)c23)cc1. The second-order valence-corrected chi connectivity index (χ2v) is 6.53. The molecule has 0 bridgehead atoms. The topological polar surface area (TPSA) is 61.8 Å². The zero-order valence-corrected chi connectivity index (χ0v) is 14.3. The quantitative estimate of drug-likeness (QED) is 0.622. The van der Waals surface area contributed by atoms with E-state index in [1.54, 1.807) is 7.11 Å². The number of carbonyl (C=O) groups excluding carboxylic acids is 2. The molecule has 2 heterocycles. The first kappa shape index (κ1) is 15.7. The van der Waals surface area contributed by atoms with Crippen molar-refractivity contribution in [2.24, 2.45) is 0 Å². The minimum Gasteiger partial charge on any atom is -0.497 e. The average Bonchev–Trinajstić information content (AvgIpc) is 3.10. The average molecular weight is 338 g/mol. The Morgan fingerprint density at radius 2 is 1.72 bits per heavy atom. The Balaban J connectivity index is 1.92. The van der Waals surface area contributed by atoms with Crippen LogP contribution in [0.2, 0.25) is 0 Å². The third kappa shape index (κ3) is 2.08. The Labute approximate surface area is 145 Å². The predicted molar refractivity (Wildman–Crippen MR) is 89.7 cm³/mol. The third-order valence-electron chi connectivity index (χ3n) is 5.09. The number of aryl methyl sites for hydroxylation is 2. The van der Waals surface area contributed by atoms with Gasteiger partial charge in [0.1, 0.15) is 11.5 Å². The van der Waals surface area contributed by atoms with Crippen molar-refractivity contribution in [3.63, 3.8) is 0 Å². The molecule has 1 saturated heterocycles. The van der Waals surface area contributed by atoms with E-state index in [0.29, 0.717) is 17.1 Å². The lowest BCUT2D eigenvalue weighted by Crippen LogP contribution is -2.38. The highest BCUT2D eigenvalue weighted by Crippen LogP contribution is 2.56. The molecule has 5 nitrogen and oxygen atoms in total. The van der Waals surface area contributed by atoms with Gasteiger partial charge in [0.2, 0.25) is 5.60 Å². The molecule has 2 aromatic carbocycles. The number of carbonyl (C=O) groups is 2. The van der Waals surface area contributed by atoms with Gasteiger partial charge in [-0.05, 0) is 42.7 Å². The molecule has 0 aromatic heterocycles. The molecule has 1 spiro atoms. The van der Waals surface area contributed by atoms with Crippen LogP contribution in [0.3, 0.4) is 0 Å². The van der Waals surface area contributed by atoms with Crippen molar-refractivity contribution in [1.29, 1.82) is 0 Å². The van der Waals surface area contributed by atoms with E-state index in [1.165, 1.54) is 0 Å². The van der Waals surface area contributed by atoms with Crippen LogP contribution in [0.15, 0.2) is 36.4 Å². The molecule has 2 atom stereocenters. The number of hydrogen-bond acceptors (Lipinski definition) is 5. The standard InChI is InChI=1S/C20H18O5/c1-11-4-5-12(2)18-17(11)20(19(22)24-18)15(10-16(21)25-20)13-6-8-14(23-3)9-7-13/h4-9,15H,10H2,1-3H3/t15-,20+/m1/s1. The van der Waals surface area contributed by atoms with Gasteiger partial charge in [-0.1, -0.05) is 24.3 Å². The summed E-state index contributed by atoms with van der Waals surface area (Å²) in [6.45, 7) is 3.78. The zero-order chi connectivity index (χ0) is 17.8. The second kappa shape index (κ2) is 5.34. The van der Waals surface area contributed by atoms with E-state index in [1.807, 2.05) is 50.2 Å². The summed E-state index contributed by atoms with van der Waals surface area (Å²) < 4.78 is 16.4. The van der Waals surface area contributed by atoms with Crippen molar-refractivity contribution >= 4 is 11.9 Å². The molecule has 0 saturated carbocycles. The molecule has 0 N–H and O–H groups in total. The molecule has 25 heavy (non-hydrogen) atoms. The van der Waals surface area contributed by atoms with Crippen LogP contribution in [0.25, 0.3) is 0 Å². The van der Waals surface area contributed by atoms with Crippen LogP contribution in [0.1, 0.15) is 34.6 Å². The highest BCUT2D eigenvalue weighted by atomic mass is 16.6. The molecular weight excluding hydrogens is 320 g/mol. The number of esters is 2. The fraction of sp³-hybridized carbons (Fsp3) is 0.300.